The fraction of sp³-hybridized carbons (Fsp3) is 0.522. The smallest absolute Gasteiger partial charge is 0.249 e. The second-order valence-electron chi connectivity index (χ2n) is 8.37. The number of fused-ring (bicyclic) bond motifs is 2. The molecule has 3 aliphatic rings. The van der Waals surface area contributed by atoms with Crippen LogP contribution in [0.1, 0.15) is 48.1 Å². The van der Waals surface area contributed by atoms with E-state index in [2.05, 4.69) is 32.3 Å². The lowest BCUT2D eigenvalue weighted by Gasteiger charge is -2.35. The highest BCUT2D eigenvalue weighted by Gasteiger charge is 2.29. The molecule has 152 valence electrons. The van der Waals surface area contributed by atoms with Crippen LogP contribution in [-0.4, -0.2) is 41.1 Å². The highest BCUT2D eigenvalue weighted by atomic mass is 16.5. The van der Waals surface area contributed by atoms with Crippen LogP contribution in [0.15, 0.2) is 30.6 Å². The molecule has 29 heavy (non-hydrogen) atoms. The molecule has 6 heteroatoms. The van der Waals surface area contributed by atoms with Crippen molar-refractivity contribution in [3.05, 3.63) is 53.0 Å². The van der Waals surface area contributed by atoms with Gasteiger partial charge in [0.1, 0.15) is 18.2 Å². The van der Waals surface area contributed by atoms with Crippen LogP contribution in [0.2, 0.25) is 0 Å². The van der Waals surface area contributed by atoms with Crippen molar-refractivity contribution in [1.29, 1.82) is 0 Å². The summed E-state index contributed by atoms with van der Waals surface area (Å²) in [6.07, 6.45) is 8.48. The zero-order valence-electron chi connectivity index (χ0n) is 16.8. The lowest BCUT2D eigenvalue weighted by atomic mass is 9.95. The van der Waals surface area contributed by atoms with Gasteiger partial charge in [-0.1, -0.05) is 24.3 Å². The molecule has 6 nitrogen and oxygen atoms in total. The number of hydrogen-bond donors (Lipinski definition) is 1. The zero-order valence-corrected chi connectivity index (χ0v) is 16.8. The van der Waals surface area contributed by atoms with Gasteiger partial charge in [-0.2, -0.15) is 0 Å². The number of nitrogens with zero attached hydrogens (tertiary/aromatic N) is 3. The maximum atomic E-state index is 12.7. The number of rotatable bonds is 3. The molecular formula is C23H28N4O2. The summed E-state index contributed by atoms with van der Waals surface area (Å²) in [6, 6.07) is 8.42. The molecule has 3 heterocycles. The average Bonchev–Trinajstić information content (AvgIpc) is 2.79. The lowest BCUT2D eigenvalue weighted by Crippen LogP contribution is -2.49. The average molecular weight is 393 g/mol. The molecule has 1 amide bonds. The summed E-state index contributed by atoms with van der Waals surface area (Å²) < 4.78 is 5.82. The second kappa shape index (κ2) is 8.11. The standard InChI is InChI=1S/C23H28N4O2/c28-23(21-13-16-5-1-2-6-17(16)14-29-21)26-18-9-11-27(12-10-18)22-19-7-3-4-8-20(19)24-15-25-22/h1-2,5-6,15,18,21H,3-4,7-14H2,(H,26,28)/t21-/m1/s1. The van der Waals surface area contributed by atoms with E-state index in [4.69, 9.17) is 4.74 Å². The Morgan fingerprint density at radius 3 is 2.72 bits per heavy atom. The maximum absolute atomic E-state index is 12.7. The van der Waals surface area contributed by atoms with Gasteiger partial charge in [0.15, 0.2) is 0 Å². The zero-order chi connectivity index (χ0) is 19.6. The highest BCUT2D eigenvalue weighted by molar-refractivity contribution is 5.81. The van der Waals surface area contributed by atoms with E-state index in [0.717, 1.165) is 44.6 Å². The molecule has 0 saturated carbocycles. The van der Waals surface area contributed by atoms with Gasteiger partial charge < -0.3 is 15.0 Å². The number of piperidine rings is 1. The largest absolute Gasteiger partial charge is 0.363 e. The fourth-order valence-corrected chi connectivity index (χ4v) is 4.82. The summed E-state index contributed by atoms with van der Waals surface area (Å²) in [5, 5.41) is 3.23. The Morgan fingerprint density at radius 1 is 1.07 bits per heavy atom. The number of carbonyl (C=O) groups is 1. The first kappa shape index (κ1) is 18.6. The van der Waals surface area contributed by atoms with Gasteiger partial charge in [0.05, 0.1) is 6.61 Å². The maximum Gasteiger partial charge on any atom is 0.249 e. The van der Waals surface area contributed by atoms with E-state index in [9.17, 15) is 4.79 Å². The molecule has 1 aromatic carbocycles. The normalized spacial score (nSPS) is 21.9. The van der Waals surface area contributed by atoms with Gasteiger partial charge in [-0.05, 0) is 49.7 Å². The quantitative estimate of drug-likeness (QED) is 0.870. The van der Waals surface area contributed by atoms with E-state index in [-0.39, 0.29) is 18.1 Å². The van der Waals surface area contributed by atoms with E-state index in [0.29, 0.717) is 13.0 Å². The molecule has 1 saturated heterocycles. The molecule has 1 fully saturated rings. The van der Waals surface area contributed by atoms with Crippen LogP contribution in [0.5, 0.6) is 0 Å². The van der Waals surface area contributed by atoms with Crippen molar-refractivity contribution in [2.75, 3.05) is 18.0 Å². The van der Waals surface area contributed by atoms with Gasteiger partial charge in [-0.3, -0.25) is 4.79 Å². The van der Waals surface area contributed by atoms with Crippen LogP contribution in [0.3, 0.4) is 0 Å². The first-order valence-corrected chi connectivity index (χ1v) is 10.8. The number of benzene rings is 1. The van der Waals surface area contributed by atoms with Crippen LogP contribution < -0.4 is 10.2 Å². The van der Waals surface area contributed by atoms with Crippen molar-refractivity contribution >= 4 is 11.7 Å². The molecule has 0 spiro atoms. The number of carbonyl (C=O) groups excluding carboxylic acids is 1. The molecule has 1 aliphatic carbocycles. The summed E-state index contributed by atoms with van der Waals surface area (Å²) in [7, 11) is 0. The second-order valence-corrected chi connectivity index (χ2v) is 8.37. The lowest BCUT2D eigenvalue weighted by molar-refractivity contribution is -0.135. The fourth-order valence-electron chi connectivity index (χ4n) is 4.82. The molecule has 0 unspecified atom stereocenters. The topological polar surface area (TPSA) is 67.4 Å². The third-order valence-electron chi connectivity index (χ3n) is 6.50. The molecule has 1 N–H and O–H groups in total. The summed E-state index contributed by atoms with van der Waals surface area (Å²) in [5.74, 6) is 1.14. The van der Waals surface area contributed by atoms with E-state index in [1.807, 2.05) is 12.1 Å². The molecule has 0 radical (unpaired) electrons. The Bertz CT molecular complexity index is 892. The van der Waals surface area contributed by atoms with Gasteiger partial charge in [-0.15, -0.1) is 0 Å². The third-order valence-corrected chi connectivity index (χ3v) is 6.50. The molecule has 1 aromatic heterocycles. The SMILES string of the molecule is O=C(NC1CCN(c2ncnc3c2CCCC3)CC1)[C@H]1Cc2ccccc2CO1. The van der Waals surface area contributed by atoms with Crippen molar-refractivity contribution in [3.63, 3.8) is 0 Å². The number of amides is 1. The number of nitrogens with one attached hydrogen (secondary N) is 1. The van der Waals surface area contributed by atoms with Gasteiger partial charge in [0.25, 0.3) is 0 Å². The Hall–Kier alpha value is -2.47. The minimum atomic E-state index is -0.378. The van der Waals surface area contributed by atoms with Crippen LogP contribution in [-0.2, 0) is 35.4 Å². The molecular weight excluding hydrogens is 364 g/mol. The van der Waals surface area contributed by atoms with Crippen LogP contribution in [0, 0.1) is 0 Å². The van der Waals surface area contributed by atoms with Gasteiger partial charge in [-0.25, -0.2) is 9.97 Å². The van der Waals surface area contributed by atoms with E-state index in [1.54, 1.807) is 6.33 Å². The van der Waals surface area contributed by atoms with Gasteiger partial charge in [0, 0.05) is 36.8 Å². The summed E-state index contributed by atoms with van der Waals surface area (Å²) in [6.45, 7) is 2.36. The van der Waals surface area contributed by atoms with Gasteiger partial charge in [0.2, 0.25) is 5.91 Å². The summed E-state index contributed by atoms with van der Waals surface area (Å²) in [5.41, 5.74) is 4.99. The monoisotopic (exact) mass is 392 g/mol. The van der Waals surface area contributed by atoms with Crippen molar-refractivity contribution < 1.29 is 9.53 Å². The number of anilines is 1. The minimum absolute atomic E-state index is 0.0253. The van der Waals surface area contributed by atoms with Crippen molar-refractivity contribution in [2.45, 2.75) is 63.7 Å². The predicted octanol–water partition coefficient (Wildman–Crippen LogP) is 2.58. The van der Waals surface area contributed by atoms with Crippen LogP contribution in [0.4, 0.5) is 5.82 Å². The number of ether oxygens (including phenoxy) is 1. The molecule has 0 bridgehead atoms. The predicted molar refractivity (Wildman–Crippen MR) is 111 cm³/mol. The number of hydrogen-bond acceptors (Lipinski definition) is 5. The van der Waals surface area contributed by atoms with E-state index < -0.39 is 0 Å². The number of aromatic nitrogens is 2. The van der Waals surface area contributed by atoms with Gasteiger partial charge >= 0.3 is 0 Å². The summed E-state index contributed by atoms with van der Waals surface area (Å²) >= 11 is 0. The summed E-state index contributed by atoms with van der Waals surface area (Å²) in [4.78, 5) is 24.2. The van der Waals surface area contributed by atoms with E-state index >= 15 is 0 Å². The minimum Gasteiger partial charge on any atom is -0.363 e. The number of aryl methyl sites for hydroxylation is 1. The van der Waals surface area contributed by atoms with Crippen LogP contribution in [0.25, 0.3) is 0 Å². The van der Waals surface area contributed by atoms with Crippen molar-refractivity contribution in [1.82, 2.24) is 15.3 Å². The van der Waals surface area contributed by atoms with Crippen molar-refractivity contribution in [3.8, 4) is 0 Å². The first-order chi connectivity index (χ1) is 14.3. The van der Waals surface area contributed by atoms with E-state index in [1.165, 1.54) is 35.2 Å². The highest BCUT2D eigenvalue weighted by Crippen LogP contribution is 2.29. The third kappa shape index (κ3) is 3.86. The van der Waals surface area contributed by atoms with Crippen LogP contribution >= 0.6 is 0 Å². The Labute approximate surface area is 171 Å². The Morgan fingerprint density at radius 2 is 1.86 bits per heavy atom. The first-order valence-electron chi connectivity index (χ1n) is 10.8. The Kier molecular flexibility index (Phi) is 5.19. The molecule has 5 rings (SSSR count). The molecule has 2 aromatic rings. The molecule has 2 aliphatic heterocycles. The Balaban J connectivity index is 1.17. The molecule has 1 atom stereocenters. The van der Waals surface area contributed by atoms with Crippen molar-refractivity contribution in [2.24, 2.45) is 0 Å².